The van der Waals surface area contributed by atoms with Crippen LogP contribution in [0.2, 0.25) is 5.02 Å². The fourth-order valence-corrected chi connectivity index (χ4v) is 3.38. The van der Waals surface area contributed by atoms with E-state index >= 15 is 0 Å². The molecule has 4 rings (SSSR count). The van der Waals surface area contributed by atoms with Gasteiger partial charge in [0, 0.05) is 33.6 Å². The molecule has 25 heavy (non-hydrogen) atoms. The molecule has 1 aliphatic rings. The maximum Gasteiger partial charge on any atom is 0.232 e. The first-order valence-corrected chi connectivity index (χ1v) is 8.30. The summed E-state index contributed by atoms with van der Waals surface area (Å²) in [5.74, 6) is -0.352. The van der Waals surface area contributed by atoms with E-state index in [0.29, 0.717) is 35.1 Å². The van der Waals surface area contributed by atoms with Crippen molar-refractivity contribution in [1.29, 1.82) is 0 Å². The Morgan fingerprint density at radius 2 is 2.12 bits per heavy atom. The van der Waals surface area contributed by atoms with Gasteiger partial charge in [0.15, 0.2) is 11.5 Å². The van der Waals surface area contributed by atoms with Gasteiger partial charge in [-0.2, -0.15) is 0 Å². The van der Waals surface area contributed by atoms with Crippen molar-refractivity contribution in [1.82, 2.24) is 4.98 Å². The Kier molecular flexibility index (Phi) is 3.93. The van der Waals surface area contributed by atoms with Crippen LogP contribution in [0.15, 0.2) is 48.8 Å². The fraction of sp³-hybridized carbons (Fsp3) is 0.158. The summed E-state index contributed by atoms with van der Waals surface area (Å²) in [5, 5.41) is 15.2. The molecule has 3 aromatic rings. The zero-order valence-corrected chi connectivity index (χ0v) is 14.0. The number of amides is 1. The number of nitrogens with zero attached hydrogens (tertiary/aromatic N) is 1. The first-order chi connectivity index (χ1) is 12.1. The number of aromatic hydroxyl groups is 1. The van der Waals surface area contributed by atoms with E-state index in [1.807, 2.05) is 24.3 Å². The zero-order chi connectivity index (χ0) is 17.4. The summed E-state index contributed by atoms with van der Waals surface area (Å²) in [4.78, 5) is 17.1. The predicted octanol–water partition coefficient (Wildman–Crippen LogP) is 4.10. The number of aromatic nitrogens is 1. The van der Waals surface area contributed by atoms with E-state index in [1.54, 1.807) is 18.5 Å². The Morgan fingerprint density at radius 1 is 1.28 bits per heavy atom. The maximum atomic E-state index is 12.9. The number of hydrogen-bond acceptors (Lipinski definition) is 4. The predicted molar refractivity (Wildman–Crippen MR) is 96.3 cm³/mol. The van der Waals surface area contributed by atoms with Crippen molar-refractivity contribution >= 4 is 34.0 Å². The molecule has 0 fully saturated rings. The van der Waals surface area contributed by atoms with Crippen LogP contribution in [0.4, 0.5) is 5.69 Å². The number of fused-ring (bicyclic) bond motifs is 2. The van der Waals surface area contributed by atoms with Crippen molar-refractivity contribution in [2.45, 2.75) is 12.3 Å². The third kappa shape index (κ3) is 2.87. The van der Waals surface area contributed by atoms with Crippen LogP contribution in [0.25, 0.3) is 10.8 Å². The highest BCUT2D eigenvalue weighted by Gasteiger charge is 2.30. The molecule has 0 bridgehead atoms. The molecule has 0 spiro atoms. The molecule has 6 heteroatoms. The standard InChI is InChI=1S/C19H15ClN2O3/c20-12-7-15-14(5-6-25-18(15)17(23)8-12)19(24)22-16-10-21-9-11-3-1-2-4-13(11)16/h1-4,7-10,14,23H,5-6H2,(H,22,24). The maximum absolute atomic E-state index is 12.9. The summed E-state index contributed by atoms with van der Waals surface area (Å²) in [6.45, 7) is 0.355. The second-order valence-electron chi connectivity index (χ2n) is 5.93. The number of hydrogen-bond donors (Lipinski definition) is 2. The van der Waals surface area contributed by atoms with Gasteiger partial charge in [-0.1, -0.05) is 35.9 Å². The van der Waals surface area contributed by atoms with Gasteiger partial charge in [-0.05, 0) is 12.5 Å². The Bertz CT molecular complexity index is 969. The molecule has 2 N–H and O–H groups in total. The number of pyridine rings is 1. The summed E-state index contributed by atoms with van der Waals surface area (Å²) < 4.78 is 5.51. The van der Waals surface area contributed by atoms with Crippen molar-refractivity contribution in [2.24, 2.45) is 0 Å². The lowest BCUT2D eigenvalue weighted by molar-refractivity contribution is -0.118. The van der Waals surface area contributed by atoms with Gasteiger partial charge >= 0.3 is 0 Å². The minimum absolute atomic E-state index is 0.0492. The van der Waals surface area contributed by atoms with E-state index in [9.17, 15) is 9.90 Å². The highest BCUT2D eigenvalue weighted by molar-refractivity contribution is 6.31. The number of nitrogens with one attached hydrogen (secondary N) is 1. The van der Waals surface area contributed by atoms with Crippen LogP contribution in [-0.2, 0) is 4.79 Å². The number of rotatable bonds is 2. The number of anilines is 1. The zero-order valence-electron chi connectivity index (χ0n) is 13.2. The number of carbonyl (C=O) groups is 1. The molecule has 0 aliphatic carbocycles. The number of phenols is 1. The first-order valence-electron chi connectivity index (χ1n) is 7.92. The van der Waals surface area contributed by atoms with Crippen LogP contribution in [-0.4, -0.2) is 22.6 Å². The molecule has 1 aliphatic heterocycles. The van der Waals surface area contributed by atoms with Gasteiger partial charge in [0.25, 0.3) is 0 Å². The van der Waals surface area contributed by atoms with Gasteiger partial charge in [0.2, 0.25) is 5.91 Å². The smallest absolute Gasteiger partial charge is 0.232 e. The van der Waals surface area contributed by atoms with E-state index in [1.165, 1.54) is 6.07 Å². The minimum atomic E-state index is -0.452. The van der Waals surface area contributed by atoms with Crippen molar-refractivity contribution in [3.8, 4) is 11.5 Å². The normalized spacial score (nSPS) is 16.1. The van der Waals surface area contributed by atoms with Gasteiger partial charge in [-0.25, -0.2) is 0 Å². The van der Waals surface area contributed by atoms with Crippen LogP contribution in [0, 0.1) is 0 Å². The molecule has 0 radical (unpaired) electrons. The number of ether oxygens (including phenoxy) is 1. The van der Waals surface area contributed by atoms with Crippen LogP contribution in [0.1, 0.15) is 17.9 Å². The molecule has 1 aromatic heterocycles. The van der Waals surface area contributed by atoms with Crippen molar-refractivity contribution < 1.29 is 14.6 Å². The Labute approximate surface area is 149 Å². The Morgan fingerprint density at radius 3 is 3.00 bits per heavy atom. The van der Waals surface area contributed by atoms with Gasteiger partial charge in [-0.3, -0.25) is 9.78 Å². The molecule has 5 nitrogen and oxygen atoms in total. The molecule has 2 heterocycles. The number of halogens is 1. The van der Waals surface area contributed by atoms with Crippen molar-refractivity contribution in [3.05, 3.63) is 59.4 Å². The molecular weight excluding hydrogens is 340 g/mol. The summed E-state index contributed by atoms with van der Waals surface area (Å²) in [6.07, 6.45) is 3.90. The monoisotopic (exact) mass is 354 g/mol. The SMILES string of the molecule is O=C(Nc1cncc2ccccc12)C1CCOc2c(O)cc(Cl)cc21. The van der Waals surface area contributed by atoms with E-state index in [0.717, 1.165) is 10.8 Å². The number of carbonyl (C=O) groups excluding carboxylic acids is 1. The van der Waals surface area contributed by atoms with Gasteiger partial charge < -0.3 is 15.2 Å². The molecule has 0 saturated carbocycles. The van der Waals surface area contributed by atoms with Gasteiger partial charge in [0.05, 0.1) is 24.4 Å². The second kappa shape index (κ2) is 6.26. The molecule has 1 amide bonds. The van der Waals surface area contributed by atoms with Crippen LogP contribution in [0.5, 0.6) is 11.5 Å². The van der Waals surface area contributed by atoms with E-state index in [-0.39, 0.29) is 11.7 Å². The number of benzene rings is 2. The van der Waals surface area contributed by atoms with Crippen LogP contribution in [0.3, 0.4) is 0 Å². The lowest BCUT2D eigenvalue weighted by atomic mass is 9.91. The van der Waals surface area contributed by atoms with Gasteiger partial charge in [0.1, 0.15) is 0 Å². The molecule has 126 valence electrons. The molecule has 1 atom stereocenters. The minimum Gasteiger partial charge on any atom is -0.504 e. The Balaban J connectivity index is 1.69. The van der Waals surface area contributed by atoms with E-state index in [2.05, 4.69) is 10.3 Å². The first kappa shape index (κ1) is 15.7. The summed E-state index contributed by atoms with van der Waals surface area (Å²) in [5.41, 5.74) is 1.25. The average Bonchev–Trinajstić information content (AvgIpc) is 2.61. The average molecular weight is 355 g/mol. The van der Waals surface area contributed by atoms with Crippen molar-refractivity contribution in [2.75, 3.05) is 11.9 Å². The molecule has 0 saturated heterocycles. The molecule has 2 aromatic carbocycles. The highest BCUT2D eigenvalue weighted by Crippen LogP contribution is 2.42. The topological polar surface area (TPSA) is 71.5 Å². The largest absolute Gasteiger partial charge is 0.504 e. The van der Waals surface area contributed by atoms with E-state index in [4.69, 9.17) is 16.3 Å². The molecule has 1 unspecified atom stereocenters. The Hall–Kier alpha value is -2.79. The quantitative estimate of drug-likeness (QED) is 0.726. The van der Waals surface area contributed by atoms with Gasteiger partial charge in [-0.15, -0.1) is 0 Å². The third-order valence-electron chi connectivity index (χ3n) is 4.33. The lowest BCUT2D eigenvalue weighted by Gasteiger charge is -2.26. The summed E-state index contributed by atoms with van der Waals surface area (Å²) in [7, 11) is 0. The second-order valence-corrected chi connectivity index (χ2v) is 6.37. The molecular formula is C19H15ClN2O3. The summed E-state index contributed by atoms with van der Waals surface area (Å²) in [6, 6.07) is 10.8. The highest BCUT2D eigenvalue weighted by atomic mass is 35.5. The number of phenolic OH excluding ortho intramolecular Hbond substituents is 1. The van der Waals surface area contributed by atoms with Crippen molar-refractivity contribution in [3.63, 3.8) is 0 Å². The third-order valence-corrected chi connectivity index (χ3v) is 4.55. The van der Waals surface area contributed by atoms with E-state index < -0.39 is 5.92 Å². The fourth-order valence-electron chi connectivity index (χ4n) is 3.16. The lowest BCUT2D eigenvalue weighted by Crippen LogP contribution is -2.26. The summed E-state index contributed by atoms with van der Waals surface area (Å²) >= 11 is 6.03. The van der Waals surface area contributed by atoms with Crippen LogP contribution < -0.4 is 10.1 Å². The van der Waals surface area contributed by atoms with Crippen LogP contribution >= 0.6 is 11.6 Å².